The third-order valence-corrected chi connectivity index (χ3v) is 4.61. The first-order valence-corrected chi connectivity index (χ1v) is 8.67. The molecule has 8 heteroatoms. The van der Waals surface area contributed by atoms with E-state index in [-0.39, 0.29) is 37.0 Å². The van der Waals surface area contributed by atoms with Gasteiger partial charge in [0.15, 0.2) is 11.5 Å². The normalized spacial score (nSPS) is 16.2. The fraction of sp³-hybridized carbons (Fsp3) is 0.300. The molecule has 1 heterocycles. The number of halogens is 2. The molecule has 28 heavy (non-hydrogen) atoms. The molecule has 6 nitrogen and oxygen atoms in total. The number of methoxy groups -OCH3 is 2. The summed E-state index contributed by atoms with van der Waals surface area (Å²) in [6.45, 7) is 0.286. The first kappa shape index (κ1) is 19.6. The van der Waals surface area contributed by atoms with E-state index in [0.29, 0.717) is 17.6 Å². The van der Waals surface area contributed by atoms with Gasteiger partial charge in [0, 0.05) is 25.6 Å². The minimum atomic E-state index is -0.834. The first-order chi connectivity index (χ1) is 13.4. The molecular weight excluding hydrogens is 370 g/mol. The Bertz CT molecular complexity index is 904. The van der Waals surface area contributed by atoms with E-state index < -0.39 is 17.6 Å². The molecule has 3 rings (SSSR count). The average molecular weight is 390 g/mol. The highest BCUT2D eigenvalue weighted by molar-refractivity contribution is 6.00. The second kappa shape index (κ2) is 8.24. The van der Waals surface area contributed by atoms with Crippen molar-refractivity contribution in [2.75, 3.05) is 25.7 Å². The van der Waals surface area contributed by atoms with E-state index in [1.807, 2.05) is 0 Å². The number of amides is 2. The lowest BCUT2D eigenvalue weighted by molar-refractivity contribution is -0.126. The number of nitrogens with one attached hydrogen (secondary N) is 1. The van der Waals surface area contributed by atoms with Crippen LogP contribution in [0.15, 0.2) is 36.4 Å². The molecule has 0 aliphatic carbocycles. The number of rotatable bonds is 6. The third kappa shape index (κ3) is 4.05. The van der Waals surface area contributed by atoms with Crippen LogP contribution in [-0.4, -0.2) is 32.6 Å². The smallest absolute Gasteiger partial charge is 0.227 e. The summed E-state index contributed by atoms with van der Waals surface area (Å²) < 4.78 is 37.4. The zero-order valence-corrected chi connectivity index (χ0v) is 15.5. The summed E-state index contributed by atoms with van der Waals surface area (Å²) in [7, 11) is 3.06. The van der Waals surface area contributed by atoms with E-state index in [1.54, 1.807) is 18.2 Å². The van der Waals surface area contributed by atoms with Crippen molar-refractivity contribution in [1.29, 1.82) is 0 Å². The van der Waals surface area contributed by atoms with E-state index in [1.165, 1.54) is 25.2 Å². The number of carbonyl (C=O) groups excluding carboxylic acids is 2. The summed E-state index contributed by atoms with van der Waals surface area (Å²) in [5.41, 5.74) is 0.776. The molecule has 148 valence electrons. The molecule has 0 radical (unpaired) electrons. The minimum Gasteiger partial charge on any atom is -0.493 e. The number of hydrogen-bond donors (Lipinski definition) is 1. The number of benzene rings is 2. The van der Waals surface area contributed by atoms with Crippen molar-refractivity contribution in [1.82, 2.24) is 5.32 Å². The summed E-state index contributed by atoms with van der Waals surface area (Å²) in [4.78, 5) is 25.8. The Hall–Kier alpha value is -3.16. The summed E-state index contributed by atoms with van der Waals surface area (Å²) in [6, 6.07) is 8.27. The van der Waals surface area contributed by atoms with Crippen LogP contribution in [0.2, 0.25) is 0 Å². The monoisotopic (exact) mass is 390 g/mol. The van der Waals surface area contributed by atoms with E-state index in [2.05, 4.69) is 5.32 Å². The summed E-state index contributed by atoms with van der Waals surface area (Å²) in [6.07, 6.45) is -0.0332. The van der Waals surface area contributed by atoms with Crippen LogP contribution in [0.1, 0.15) is 12.0 Å². The number of hydrogen-bond acceptors (Lipinski definition) is 4. The molecule has 0 aromatic heterocycles. The van der Waals surface area contributed by atoms with Gasteiger partial charge in [0.05, 0.1) is 25.8 Å². The van der Waals surface area contributed by atoms with Crippen molar-refractivity contribution >= 4 is 17.5 Å². The fourth-order valence-corrected chi connectivity index (χ4v) is 3.14. The van der Waals surface area contributed by atoms with Crippen molar-refractivity contribution in [3.05, 3.63) is 53.6 Å². The molecule has 1 saturated heterocycles. The van der Waals surface area contributed by atoms with Crippen LogP contribution in [-0.2, 0) is 16.1 Å². The quantitative estimate of drug-likeness (QED) is 0.824. The first-order valence-electron chi connectivity index (χ1n) is 8.67. The lowest BCUT2D eigenvalue weighted by atomic mass is 10.1. The summed E-state index contributed by atoms with van der Waals surface area (Å²) >= 11 is 0. The van der Waals surface area contributed by atoms with Gasteiger partial charge >= 0.3 is 0 Å². The second-order valence-electron chi connectivity index (χ2n) is 6.41. The van der Waals surface area contributed by atoms with Crippen LogP contribution in [0.4, 0.5) is 14.5 Å². The van der Waals surface area contributed by atoms with Gasteiger partial charge in [-0.15, -0.1) is 0 Å². The van der Waals surface area contributed by atoms with Crippen molar-refractivity contribution in [3.63, 3.8) is 0 Å². The molecule has 1 aliphatic rings. The van der Waals surface area contributed by atoms with Gasteiger partial charge in [0.2, 0.25) is 11.8 Å². The number of ether oxygens (including phenoxy) is 2. The molecule has 1 fully saturated rings. The minimum absolute atomic E-state index is 0.0263. The van der Waals surface area contributed by atoms with E-state index >= 15 is 0 Å². The van der Waals surface area contributed by atoms with Gasteiger partial charge in [0.1, 0.15) is 11.6 Å². The van der Waals surface area contributed by atoms with E-state index in [0.717, 1.165) is 11.6 Å². The van der Waals surface area contributed by atoms with Gasteiger partial charge in [-0.05, 0) is 29.8 Å². The Labute approximate surface area is 161 Å². The van der Waals surface area contributed by atoms with Crippen molar-refractivity contribution in [3.8, 4) is 11.5 Å². The Kier molecular flexibility index (Phi) is 5.77. The summed E-state index contributed by atoms with van der Waals surface area (Å²) in [5, 5.41) is 2.78. The van der Waals surface area contributed by atoms with Crippen LogP contribution in [0.5, 0.6) is 11.5 Å². The van der Waals surface area contributed by atoms with Crippen molar-refractivity contribution < 1.29 is 27.8 Å². The molecule has 1 unspecified atom stereocenters. The summed E-state index contributed by atoms with van der Waals surface area (Å²) in [5.74, 6) is -1.74. The molecule has 0 spiro atoms. The van der Waals surface area contributed by atoms with Gasteiger partial charge in [-0.25, -0.2) is 8.78 Å². The SMILES string of the molecule is COc1ccc(CNC(=O)C2CC(=O)N(c3ccc(F)cc3F)C2)cc1OC. The second-order valence-corrected chi connectivity index (χ2v) is 6.41. The Morgan fingerprint density at radius 3 is 2.57 bits per heavy atom. The van der Waals surface area contributed by atoms with Crippen molar-refractivity contribution in [2.24, 2.45) is 5.92 Å². The fourth-order valence-electron chi connectivity index (χ4n) is 3.14. The lowest BCUT2D eigenvalue weighted by Crippen LogP contribution is -2.32. The number of nitrogens with zero attached hydrogens (tertiary/aromatic N) is 1. The number of anilines is 1. The Balaban J connectivity index is 1.63. The maximum absolute atomic E-state index is 13.9. The van der Waals surface area contributed by atoms with Gasteiger partial charge in [-0.1, -0.05) is 6.07 Å². The van der Waals surface area contributed by atoms with Gasteiger partial charge < -0.3 is 19.7 Å². The Morgan fingerprint density at radius 2 is 1.89 bits per heavy atom. The zero-order valence-electron chi connectivity index (χ0n) is 15.5. The molecule has 0 bridgehead atoms. The maximum Gasteiger partial charge on any atom is 0.227 e. The molecule has 1 aliphatic heterocycles. The molecule has 2 amide bonds. The highest BCUT2D eigenvalue weighted by atomic mass is 19.1. The molecule has 1 N–H and O–H groups in total. The van der Waals surface area contributed by atoms with Crippen molar-refractivity contribution in [2.45, 2.75) is 13.0 Å². The molecule has 2 aromatic rings. The van der Waals surface area contributed by atoms with Crippen LogP contribution >= 0.6 is 0 Å². The van der Waals surface area contributed by atoms with Gasteiger partial charge in [-0.3, -0.25) is 9.59 Å². The lowest BCUT2D eigenvalue weighted by Gasteiger charge is -2.17. The zero-order chi connectivity index (χ0) is 20.3. The highest BCUT2D eigenvalue weighted by Gasteiger charge is 2.36. The molecule has 1 atom stereocenters. The van der Waals surface area contributed by atoms with Crippen LogP contribution in [0.25, 0.3) is 0 Å². The van der Waals surface area contributed by atoms with Crippen LogP contribution in [0.3, 0.4) is 0 Å². The van der Waals surface area contributed by atoms with E-state index in [4.69, 9.17) is 9.47 Å². The van der Waals surface area contributed by atoms with Crippen LogP contribution in [0, 0.1) is 17.6 Å². The molecule has 2 aromatic carbocycles. The highest BCUT2D eigenvalue weighted by Crippen LogP contribution is 2.29. The predicted octanol–water partition coefficient (Wildman–Crippen LogP) is 2.65. The maximum atomic E-state index is 13.9. The third-order valence-electron chi connectivity index (χ3n) is 4.61. The standard InChI is InChI=1S/C20H20F2N2O4/c1-27-17-6-3-12(7-18(17)28-2)10-23-20(26)13-8-19(25)24(11-13)16-5-4-14(21)9-15(16)22/h3-7,9,13H,8,10-11H2,1-2H3,(H,23,26). The van der Waals surface area contributed by atoms with E-state index in [9.17, 15) is 18.4 Å². The average Bonchev–Trinajstić information content (AvgIpc) is 3.07. The Morgan fingerprint density at radius 1 is 1.14 bits per heavy atom. The van der Waals surface area contributed by atoms with Crippen LogP contribution < -0.4 is 19.7 Å². The molecular formula is C20H20F2N2O4. The largest absolute Gasteiger partial charge is 0.493 e. The molecule has 0 saturated carbocycles. The topological polar surface area (TPSA) is 67.9 Å². The number of carbonyl (C=O) groups is 2. The van der Waals surface area contributed by atoms with Gasteiger partial charge in [0.25, 0.3) is 0 Å². The predicted molar refractivity (Wildman–Crippen MR) is 98.2 cm³/mol. The van der Waals surface area contributed by atoms with Gasteiger partial charge in [-0.2, -0.15) is 0 Å².